The topological polar surface area (TPSA) is 34.6 Å². The molecule has 0 radical (unpaired) electrons. The minimum Gasteiger partial charge on any atom is -0.382 e. The molecular formula is C18H24N2O2S. The first-order valence-electron chi connectivity index (χ1n) is 8.13. The third-order valence-corrected chi connectivity index (χ3v) is 5.09. The molecule has 0 amide bonds. The Bertz CT molecular complexity index is 562. The van der Waals surface area contributed by atoms with E-state index in [0.717, 1.165) is 25.9 Å². The van der Waals surface area contributed by atoms with Crippen molar-refractivity contribution >= 4 is 11.3 Å². The van der Waals surface area contributed by atoms with Crippen molar-refractivity contribution < 1.29 is 9.47 Å². The molecule has 0 unspecified atom stereocenters. The fourth-order valence-electron chi connectivity index (χ4n) is 3.18. The van der Waals surface area contributed by atoms with Crippen LogP contribution in [0.3, 0.4) is 0 Å². The summed E-state index contributed by atoms with van der Waals surface area (Å²) >= 11 is 1.73. The van der Waals surface area contributed by atoms with E-state index in [0.29, 0.717) is 19.3 Å². The largest absolute Gasteiger partial charge is 0.382 e. The molecule has 3 rings (SSSR count). The van der Waals surface area contributed by atoms with Crippen LogP contribution >= 0.6 is 11.3 Å². The number of ether oxygens (including phenoxy) is 2. The van der Waals surface area contributed by atoms with E-state index in [-0.39, 0.29) is 6.10 Å². The fraction of sp³-hybridized carbons (Fsp3) is 0.500. The zero-order valence-electron chi connectivity index (χ0n) is 13.6. The minimum atomic E-state index is 0.269. The lowest BCUT2D eigenvalue weighted by Gasteiger charge is -2.27. The number of aromatic nitrogens is 1. The minimum absolute atomic E-state index is 0.269. The van der Waals surface area contributed by atoms with Gasteiger partial charge in [-0.05, 0) is 18.4 Å². The number of benzene rings is 1. The van der Waals surface area contributed by atoms with E-state index in [2.05, 4.69) is 40.2 Å². The molecular weight excluding hydrogens is 308 g/mol. The van der Waals surface area contributed by atoms with Crippen LogP contribution in [0.1, 0.15) is 17.0 Å². The van der Waals surface area contributed by atoms with Gasteiger partial charge in [0.2, 0.25) is 0 Å². The Morgan fingerprint density at radius 3 is 2.87 bits per heavy atom. The van der Waals surface area contributed by atoms with E-state index in [1.807, 2.05) is 11.6 Å². The molecule has 0 bridgehead atoms. The average molecular weight is 332 g/mol. The van der Waals surface area contributed by atoms with Gasteiger partial charge in [-0.15, -0.1) is 11.3 Å². The normalized spacial score (nSPS) is 21.8. The van der Waals surface area contributed by atoms with Crippen LogP contribution in [-0.2, 0) is 22.4 Å². The zero-order chi connectivity index (χ0) is 15.9. The van der Waals surface area contributed by atoms with Crippen LogP contribution in [0, 0.1) is 0 Å². The van der Waals surface area contributed by atoms with Crippen molar-refractivity contribution in [3.8, 4) is 0 Å². The summed E-state index contributed by atoms with van der Waals surface area (Å²) in [4.78, 5) is 6.95. The Balaban J connectivity index is 1.67. The Kier molecular flexibility index (Phi) is 6.16. The van der Waals surface area contributed by atoms with Gasteiger partial charge in [-0.3, -0.25) is 4.90 Å². The second-order valence-corrected chi connectivity index (χ2v) is 6.82. The molecule has 4 nitrogen and oxygen atoms in total. The Morgan fingerprint density at radius 2 is 2.13 bits per heavy atom. The van der Waals surface area contributed by atoms with Gasteiger partial charge in [-0.25, -0.2) is 4.98 Å². The lowest BCUT2D eigenvalue weighted by Crippen LogP contribution is -2.38. The van der Waals surface area contributed by atoms with Gasteiger partial charge < -0.3 is 9.47 Å². The van der Waals surface area contributed by atoms with Gasteiger partial charge in [0.25, 0.3) is 0 Å². The van der Waals surface area contributed by atoms with E-state index in [9.17, 15) is 0 Å². The maximum absolute atomic E-state index is 6.09. The Morgan fingerprint density at radius 1 is 1.26 bits per heavy atom. The third kappa shape index (κ3) is 4.61. The summed E-state index contributed by atoms with van der Waals surface area (Å²) in [7, 11) is 1.72. The van der Waals surface area contributed by atoms with Gasteiger partial charge in [0, 0.05) is 31.3 Å². The van der Waals surface area contributed by atoms with Crippen molar-refractivity contribution in [3.63, 3.8) is 0 Å². The molecule has 0 N–H and O–H groups in total. The molecule has 2 atom stereocenters. The third-order valence-electron chi connectivity index (χ3n) is 4.33. The summed E-state index contributed by atoms with van der Waals surface area (Å²) in [6.45, 7) is 3.30. The Labute approximate surface area is 142 Å². The van der Waals surface area contributed by atoms with Gasteiger partial charge in [-0.2, -0.15) is 0 Å². The second-order valence-electron chi connectivity index (χ2n) is 5.84. The van der Waals surface area contributed by atoms with Crippen LogP contribution in [0.5, 0.6) is 0 Å². The SMILES string of the molecule is COCCO[C@@H]1CCN(Cc2nccs2)[C@@H]1Cc1ccccc1. The lowest BCUT2D eigenvalue weighted by atomic mass is 10.0. The molecule has 0 aliphatic carbocycles. The predicted octanol–water partition coefficient (Wildman–Crippen LogP) is 2.99. The molecule has 124 valence electrons. The van der Waals surface area contributed by atoms with Gasteiger partial charge in [0.15, 0.2) is 0 Å². The zero-order valence-corrected chi connectivity index (χ0v) is 14.4. The van der Waals surface area contributed by atoms with Crippen molar-refractivity contribution in [2.45, 2.75) is 31.5 Å². The standard InChI is InChI=1S/C18H24N2O2S/c1-21-10-11-22-17-7-9-20(14-18-19-8-12-23-18)16(17)13-15-5-3-2-4-6-15/h2-6,8,12,16-17H,7,9-11,13-14H2,1H3/t16-,17-/m1/s1. The smallest absolute Gasteiger partial charge is 0.107 e. The number of nitrogens with zero attached hydrogens (tertiary/aromatic N) is 2. The van der Waals surface area contributed by atoms with Crippen molar-refractivity contribution in [3.05, 3.63) is 52.5 Å². The Hall–Kier alpha value is -1.27. The second kappa shape index (κ2) is 8.55. The average Bonchev–Trinajstić information content (AvgIpc) is 3.21. The van der Waals surface area contributed by atoms with Crippen LogP contribution < -0.4 is 0 Å². The van der Waals surface area contributed by atoms with Crippen molar-refractivity contribution in [1.29, 1.82) is 0 Å². The first-order chi connectivity index (χ1) is 11.4. The van der Waals surface area contributed by atoms with Gasteiger partial charge in [0.05, 0.1) is 25.9 Å². The highest BCUT2D eigenvalue weighted by molar-refractivity contribution is 7.09. The van der Waals surface area contributed by atoms with Crippen LogP contribution in [0.25, 0.3) is 0 Å². The molecule has 23 heavy (non-hydrogen) atoms. The highest BCUT2D eigenvalue weighted by atomic mass is 32.1. The maximum atomic E-state index is 6.09. The molecule has 1 fully saturated rings. The molecule has 1 aromatic heterocycles. The van der Waals surface area contributed by atoms with Crippen molar-refractivity contribution in [2.75, 3.05) is 26.9 Å². The highest BCUT2D eigenvalue weighted by Gasteiger charge is 2.35. The van der Waals surface area contributed by atoms with Crippen LogP contribution in [-0.4, -0.2) is 48.9 Å². The number of likely N-dealkylation sites (tertiary alicyclic amines) is 1. The van der Waals surface area contributed by atoms with E-state index >= 15 is 0 Å². The molecule has 1 aliphatic heterocycles. The first-order valence-corrected chi connectivity index (χ1v) is 9.01. The maximum Gasteiger partial charge on any atom is 0.107 e. The molecule has 0 saturated carbocycles. The van der Waals surface area contributed by atoms with Crippen LogP contribution in [0.4, 0.5) is 0 Å². The summed E-state index contributed by atoms with van der Waals surface area (Å²) in [6.07, 6.45) is 4.25. The summed E-state index contributed by atoms with van der Waals surface area (Å²) in [6, 6.07) is 11.1. The molecule has 5 heteroatoms. The fourth-order valence-corrected chi connectivity index (χ4v) is 3.82. The van der Waals surface area contributed by atoms with Crippen molar-refractivity contribution in [1.82, 2.24) is 9.88 Å². The van der Waals surface area contributed by atoms with Gasteiger partial charge in [-0.1, -0.05) is 30.3 Å². The number of hydrogen-bond acceptors (Lipinski definition) is 5. The van der Waals surface area contributed by atoms with Crippen LogP contribution in [0.2, 0.25) is 0 Å². The number of thiazole rings is 1. The van der Waals surface area contributed by atoms with Gasteiger partial charge >= 0.3 is 0 Å². The first kappa shape index (κ1) is 16.6. The van der Waals surface area contributed by atoms with E-state index in [1.54, 1.807) is 18.4 Å². The summed E-state index contributed by atoms with van der Waals surface area (Å²) in [5.41, 5.74) is 1.36. The number of rotatable bonds is 8. The number of hydrogen-bond donors (Lipinski definition) is 0. The van der Waals surface area contributed by atoms with E-state index in [1.165, 1.54) is 10.6 Å². The summed E-state index contributed by atoms with van der Waals surface area (Å²) in [5.74, 6) is 0. The molecule has 2 aromatic rings. The molecule has 2 heterocycles. The lowest BCUT2D eigenvalue weighted by molar-refractivity contribution is -0.00131. The van der Waals surface area contributed by atoms with Crippen LogP contribution in [0.15, 0.2) is 41.9 Å². The summed E-state index contributed by atoms with van der Waals surface area (Å²) < 4.78 is 11.2. The van der Waals surface area contributed by atoms with Gasteiger partial charge in [0.1, 0.15) is 5.01 Å². The molecule has 1 aromatic carbocycles. The molecule has 1 saturated heterocycles. The van der Waals surface area contributed by atoms with Crippen molar-refractivity contribution in [2.24, 2.45) is 0 Å². The highest BCUT2D eigenvalue weighted by Crippen LogP contribution is 2.26. The van der Waals surface area contributed by atoms with E-state index in [4.69, 9.17) is 9.47 Å². The molecule has 1 aliphatic rings. The quantitative estimate of drug-likeness (QED) is 0.696. The van der Waals surface area contributed by atoms with E-state index < -0.39 is 0 Å². The molecule has 0 spiro atoms. The monoisotopic (exact) mass is 332 g/mol. The summed E-state index contributed by atoms with van der Waals surface area (Å²) in [5, 5.41) is 3.23. The number of methoxy groups -OCH3 is 1. The predicted molar refractivity (Wildman–Crippen MR) is 92.7 cm³/mol.